The summed E-state index contributed by atoms with van der Waals surface area (Å²) >= 11 is 6.07. The lowest BCUT2D eigenvalue weighted by Crippen LogP contribution is -2.11. The van der Waals surface area contributed by atoms with Gasteiger partial charge in [0.25, 0.3) is 5.91 Å². The van der Waals surface area contributed by atoms with Crippen LogP contribution in [0.3, 0.4) is 0 Å². The van der Waals surface area contributed by atoms with E-state index in [0.29, 0.717) is 33.3 Å². The molecular formula is C23H20ClFN4O3. The van der Waals surface area contributed by atoms with Crippen LogP contribution in [-0.2, 0) is 13.2 Å². The van der Waals surface area contributed by atoms with Gasteiger partial charge >= 0.3 is 0 Å². The van der Waals surface area contributed by atoms with E-state index in [1.165, 1.54) is 16.9 Å². The smallest absolute Gasteiger partial charge is 0.255 e. The van der Waals surface area contributed by atoms with Gasteiger partial charge in [-0.2, -0.15) is 5.10 Å². The molecule has 9 heteroatoms. The maximum Gasteiger partial charge on any atom is 0.255 e. The maximum atomic E-state index is 14.0. The highest BCUT2D eigenvalue weighted by atomic mass is 35.5. The normalized spacial score (nSPS) is 10.9. The molecule has 0 saturated carbocycles. The summed E-state index contributed by atoms with van der Waals surface area (Å²) in [5, 5.41) is 11.2. The SMILES string of the molecule is Cc1noc(C)c1COc1cccc(C(=O)Nc2cnn(Cc3c(F)cccc3Cl)c2)c1. The van der Waals surface area contributed by atoms with Crippen LogP contribution in [0.1, 0.15) is 32.9 Å². The zero-order valence-corrected chi connectivity index (χ0v) is 18.2. The van der Waals surface area contributed by atoms with E-state index in [9.17, 15) is 9.18 Å². The minimum atomic E-state index is -0.410. The van der Waals surface area contributed by atoms with E-state index >= 15 is 0 Å². The molecule has 0 aliphatic heterocycles. The van der Waals surface area contributed by atoms with Crippen molar-refractivity contribution in [1.82, 2.24) is 14.9 Å². The number of hydrogen-bond donors (Lipinski definition) is 1. The molecule has 164 valence electrons. The van der Waals surface area contributed by atoms with Gasteiger partial charge < -0.3 is 14.6 Å². The fourth-order valence-corrected chi connectivity index (χ4v) is 3.38. The van der Waals surface area contributed by atoms with E-state index in [1.807, 2.05) is 13.8 Å². The minimum Gasteiger partial charge on any atom is -0.489 e. The number of rotatable bonds is 7. The summed E-state index contributed by atoms with van der Waals surface area (Å²) in [6, 6.07) is 11.3. The third kappa shape index (κ3) is 4.81. The molecule has 1 amide bonds. The van der Waals surface area contributed by atoms with Crippen LogP contribution in [0, 0.1) is 19.7 Å². The number of halogens is 2. The number of carbonyl (C=O) groups excluding carboxylic acids is 1. The van der Waals surface area contributed by atoms with Crippen molar-refractivity contribution in [2.45, 2.75) is 27.0 Å². The number of nitrogens with zero attached hydrogens (tertiary/aromatic N) is 3. The van der Waals surface area contributed by atoms with Crippen LogP contribution in [0.2, 0.25) is 5.02 Å². The van der Waals surface area contributed by atoms with E-state index in [1.54, 1.807) is 42.6 Å². The van der Waals surface area contributed by atoms with Crippen molar-refractivity contribution in [2.24, 2.45) is 0 Å². The molecule has 7 nitrogen and oxygen atoms in total. The third-order valence-electron chi connectivity index (χ3n) is 4.93. The van der Waals surface area contributed by atoms with Crippen molar-refractivity contribution in [3.05, 3.63) is 93.8 Å². The van der Waals surface area contributed by atoms with Gasteiger partial charge in [0, 0.05) is 22.3 Å². The molecular weight excluding hydrogens is 435 g/mol. The van der Waals surface area contributed by atoms with Crippen LogP contribution < -0.4 is 10.1 Å². The number of amides is 1. The first-order valence-electron chi connectivity index (χ1n) is 9.82. The van der Waals surface area contributed by atoms with Crippen LogP contribution in [0.4, 0.5) is 10.1 Å². The first kappa shape index (κ1) is 21.6. The number of anilines is 1. The van der Waals surface area contributed by atoms with Crippen LogP contribution in [0.25, 0.3) is 0 Å². The first-order valence-corrected chi connectivity index (χ1v) is 10.2. The summed E-state index contributed by atoms with van der Waals surface area (Å²) in [4.78, 5) is 12.7. The fourth-order valence-electron chi connectivity index (χ4n) is 3.15. The van der Waals surface area contributed by atoms with Crippen LogP contribution >= 0.6 is 11.6 Å². The molecule has 0 saturated heterocycles. The molecule has 4 aromatic rings. The monoisotopic (exact) mass is 454 g/mol. The predicted molar refractivity (Wildman–Crippen MR) is 117 cm³/mol. The minimum absolute atomic E-state index is 0.145. The van der Waals surface area contributed by atoms with Gasteiger partial charge in [-0.1, -0.05) is 28.9 Å². The second-order valence-corrected chi connectivity index (χ2v) is 7.61. The molecule has 2 heterocycles. The maximum absolute atomic E-state index is 14.0. The van der Waals surface area contributed by atoms with Crippen LogP contribution in [0.15, 0.2) is 59.4 Å². The molecule has 0 radical (unpaired) electrons. The molecule has 1 N–H and O–H groups in total. The molecule has 0 fully saturated rings. The van der Waals surface area contributed by atoms with E-state index in [-0.39, 0.29) is 19.1 Å². The lowest BCUT2D eigenvalue weighted by molar-refractivity contribution is 0.102. The van der Waals surface area contributed by atoms with E-state index < -0.39 is 5.82 Å². The largest absolute Gasteiger partial charge is 0.489 e. The van der Waals surface area contributed by atoms with Crippen LogP contribution in [0.5, 0.6) is 5.75 Å². The summed E-state index contributed by atoms with van der Waals surface area (Å²) in [6.07, 6.45) is 3.10. The van der Waals surface area contributed by atoms with E-state index in [4.69, 9.17) is 20.9 Å². The van der Waals surface area contributed by atoms with Gasteiger partial charge in [-0.15, -0.1) is 0 Å². The standard InChI is InChI=1S/C23H20ClFN4O3/c1-14-20(15(2)32-28-14)13-31-18-6-3-5-16(9-18)23(30)27-17-10-26-29(11-17)12-19-21(24)7-4-8-22(19)25/h3-11H,12-13H2,1-2H3,(H,27,30). The summed E-state index contributed by atoms with van der Waals surface area (Å²) < 4.78 is 26.4. The molecule has 2 aromatic carbocycles. The topological polar surface area (TPSA) is 82.2 Å². The zero-order valence-electron chi connectivity index (χ0n) is 17.4. The summed E-state index contributed by atoms with van der Waals surface area (Å²) in [5.41, 5.74) is 2.88. The van der Waals surface area contributed by atoms with Gasteiger partial charge in [-0.05, 0) is 44.2 Å². The Morgan fingerprint density at radius 3 is 2.78 bits per heavy atom. The van der Waals surface area contributed by atoms with E-state index in [0.717, 1.165) is 11.3 Å². The van der Waals surface area contributed by atoms with Gasteiger partial charge in [0.05, 0.1) is 29.7 Å². The molecule has 0 aliphatic rings. The van der Waals surface area contributed by atoms with Crippen molar-refractivity contribution in [3.8, 4) is 5.75 Å². The number of hydrogen-bond acceptors (Lipinski definition) is 5. The number of aryl methyl sites for hydroxylation is 2. The van der Waals surface area contributed by atoms with Gasteiger partial charge in [0.1, 0.15) is 23.9 Å². The fraction of sp³-hybridized carbons (Fsp3) is 0.174. The van der Waals surface area contributed by atoms with Gasteiger partial charge in [-0.3, -0.25) is 9.48 Å². The van der Waals surface area contributed by atoms with Crippen molar-refractivity contribution >= 4 is 23.2 Å². The summed E-state index contributed by atoms with van der Waals surface area (Å²) in [7, 11) is 0. The Morgan fingerprint density at radius 1 is 1.22 bits per heavy atom. The van der Waals surface area contributed by atoms with E-state index in [2.05, 4.69) is 15.6 Å². The molecule has 0 atom stereocenters. The van der Waals surface area contributed by atoms with Crippen molar-refractivity contribution in [3.63, 3.8) is 0 Å². The van der Waals surface area contributed by atoms with Crippen molar-refractivity contribution in [2.75, 3.05) is 5.32 Å². The molecule has 4 rings (SSSR count). The Morgan fingerprint density at radius 2 is 2.03 bits per heavy atom. The highest BCUT2D eigenvalue weighted by Crippen LogP contribution is 2.21. The first-order chi connectivity index (χ1) is 15.4. The summed E-state index contributed by atoms with van der Waals surface area (Å²) in [5.74, 6) is 0.510. The number of aromatic nitrogens is 3. The number of carbonyl (C=O) groups is 1. The second kappa shape index (κ2) is 9.23. The quantitative estimate of drug-likeness (QED) is 0.417. The van der Waals surface area contributed by atoms with Crippen molar-refractivity contribution < 1.29 is 18.4 Å². The van der Waals surface area contributed by atoms with Gasteiger partial charge in [0.15, 0.2) is 0 Å². The number of nitrogens with one attached hydrogen (secondary N) is 1. The van der Waals surface area contributed by atoms with Crippen LogP contribution in [-0.4, -0.2) is 20.8 Å². The average Bonchev–Trinajstić information content (AvgIpc) is 3.35. The molecule has 0 aliphatic carbocycles. The highest BCUT2D eigenvalue weighted by molar-refractivity contribution is 6.31. The lowest BCUT2D eigenvalue weighted by Gasteiger charge is -2.08. The summed E-state index contributed by atoms with van der Waals surface area (Å²) in [6.45, 7) is 4.10. The Bertz CT molecular complexity index is 1230. The Kier molecular flexibility index (Phi) is 6.23. The Labute approximate surface area is 188 Å². The predicted octanol–water partition coefficient (Wildman–Crippen LogP) is 5.16. The van der Waals surface area contributed by atoms with Gasteiger partial charge in [0.2, 0.25) is 0 Å². The number of benzene rings is 2. The third-order valence-corrected chi connectivity index (χ3v) is 5.29. The Hall–Kier alpha value is -3.65. The number of ether oxygens (including phenoxy) is 1. The molecule has 0 unspecified atom stereocenters. The molecule has 32 heavy (non-hydrogen) atoms. The van der Waals surface area contributed by atoms with Gasteiger partial charge in [-0.25, -0.2) is 4.39 Å². The zero-order chi connectivity index (χ0) is 22.7. The molecule has 0 spiro atoms. The second-order valence-electron chi connectivity index (χ2n) is 7.20. The average molecular weight is 455 g/mol. The molecule has 2 aromatic heterocycles. The highest BCUT2D eigenvalue weighted by Gasteiger charge is 2.13. The Balaban J connectivity index is 1.41. The molecule has 0 bridgehead atoms. The lowest BCUT2D eigenvalue weighted by atomic mass is 10.2. The van der Waals surface area contributed by atoms with Crippen molar-refractivity contribution in [1.29, 1.82) is 0 Å².